The number of aromatic nitrogens is 4. The first-order chi connectivity index (χ1) is 13.1. The lowest BCUT2D eigenvalue weighted by Crippen LogP contribution is -2.39. The number of nitrogens with two attached hydrogens (primary N) is 1. The van der Waals surface area contributed by atoms with Crippen LogP contribution in [0.15, 0.2) is 29.2 Å². The van der Waals surface area contributed by atoms with Gasteiger partial charge in [-0.25, -0.2) is 9.78 Å². The number of piperidine rings is 1. The third-order valence-corrected chi connectivity index (χ3v) is 5.72. The van der Waals surface area contributed by atoms with Gasteiger partial charge in [0.25, 0.3) is 0 Å². The summed E-state index contributed by atoms with van der Waals surface area (Å²) >= 11 is 12.5. The molecule has 2 aromatic heterocycles. The number of fused-ring (bicyclic) bond motifs is 1. The number of aromatic amines is 1. The first kappa shape index (κ1) is 18.3. The number of rotatable bonds is 4. The van der Waals surface area contributed by atoms with Gasteiger partial charge in [0.05, 0.1) is 12.7 Å². The molecule has 0 bridgehead atoms. The van der Waals surface area contributed by atoms with Crippen LogP contribution in [0.2, 0.25) is 10.0 Å². The second-order valence-corrected chi connectivity index (χ2v) is 7.63. The second-order valence-electron chi connectivity index (χ2n) is 6.81. The Labute approximate surface area is 166 Å². The van der Waals surface area contributed by atoms with E-state index in [1.54, 1.807) is 24.4 Å². The van der Waals surface area contributed by atoms with E-state index in [-0.39, 0.29) is 12.2 Å². The Bertz CT molecular complexity index is 1010. The van der Waals surface area contributed by atoms with Crippen LogP contribution < -0.4 is 16.3 Å². The molecule has 3 N–H and O–H groups in total. The molecule has 7 nitrogen and oxygen atoms in total. The molecule has 142 valence electrons. The average Bonchev–Trinajstić information content (AvgIpc) is 2.99. The summed E-state index contributed by atoms with van der Waals surface area (Å²) in [5, 5.41) is 1.03. The van der Waals surface area contributed by atoms with E-state index < -0.39 is 0 Å². The maximum atomic E-state index is 12.5. The molecule has 0 amide bonds. The predicted octanol–water partition coefficient (Wildman–Crippen LogP) is 2.65. The van der Waals surface area contributed by atoms with Crippen molar-refractivity contribution in [2.75, 3.05) is 24.5 Å². The second kappa shape index (κ2) is 7.50. The van der Waals surface area contributed by atoms with Crippen LogP contribution in [-0.4, -0.2) is 39.2 Å². The molecule has 0 spiro atoms. The summed E-state index contributed by atoms with van der Waals surface area (Å²) in [7, 11) is 0. The molecule has 0 saturated carbocycles. The first-order valence-electron chi connectivity index (χ1n) is 8.90. The standard InChI is InChI=1S/C18H20Cl2N6O/c19-13-4-1-5-14(20)12(13)10-26-16-15(23-18(26)27)8-22-17(24-16)25-6-2-3-11(7-21)9-25/h1,4-5,8,11H,2-3,6-7,9-10,21H2,(H,23,27). The first-order valence-corrected chi connectivity index (χ1v) is 9.66. The summed E-state index contributed by atoms with van der Waals surface area (Å²) in [4.78, 5) is 26.5. The van der Waals surface area contributed by atoms with Gasteiger partial charge < -0.3 is 15.6 Å². The number of benzene rings is 1. The van der Waals surface area contributed by atoms with Crippen LogP contribution in [0.5, 0.6) is 0 Å². The fourth-order valence-electron chi connectivity index (χ4n) is 3.52. The molecular formula is C18H20Cl2N6O. The lowest BCUT2D eigenvalue weighted by Gasteiger charge is -2.32. The van der Waals surface area contributed by atoms with Crippen molar-refractivity contribution in [3.8, 4) is 0 Å². The van der Waals surface area contributed by atoms with Gasteiger partial charge in [-0.1, -0.05) is 29.3 Å². The molecule has 1 unspecified atom stereocenters. The van der Waals surface area contributed by atoms with Gasteiger partial charge in [-0.3, -0.25) is 4.57 Å². The van der Waals surface area contributed by atoms with Crippen molar-refractivity contribution in [1.82, 2.24) is 19.5 Å². The number of H-pyrrole nitrogens is 1. The van der Waals surface area contributed by atoms with Crippen LogP contribution >= 0.6 is 23.2 Å². The van der Waals surface area contributed by atoms with Crippen molar-refractivity contribution in [1.29, 1.82) is 0 Å². The summed E-state index contributed by atoms with van der Waals surface area (Å²) in [6.45, 7) is 2.60. The highest BCUT2D eigenvalue weighted by molar-refractivity contribution is 6.36. The Hall–Kier alpha value is -2.09. The SMILES string of the molecule is NCC1CCCN(c2ncc3[nH]c(=O)n(Cc4c(Cl)cccc4Cl)c3n2)C1. The lowest BCUT2D eigenvalue weighted by molar-refractivity contribution is 0.419. The minimum Gasteiger partial charge on any atom is -0.340 e. The Morgan fingerprint density at radius 3 is 2.81 bits per heavy atom. The zero-order valence-electron chi connectivity index (χ0n) is 14.7. The van der Waals surface area contributed by atoms with Crippen molar-refractivity contribution in [3.63, 3.8) is 0 Å². The van der Waals surface area contributed by atoms with Gasteiger partial charge in [0.15, 0.2) is 5.65 Å². The largest absolute Gasteiger partial charge is 0.340 e. The molecule has 27 heavy (non-hydrogen) atoms. The third kappa shape index (κ3) is 3.54. The maximum absolute atomic E-state index is 12.5. The molecule has 1 atom stereocenters. The van der Waals surface area contributed by atoms with Gasteiger partial charge in [0.2, 0.25) is 5.95 Å². The highest BCUT2D eigenvalue weighted by Gasteiger charge is 2.22. The van der Waals surface area contributed by atoms with E-state index in [9.17, 15) is 4.79 Å². The highest BCUT2D eigenvalue weighted by Crippen LogP contribution is 2.26. The van der Waals surface area contributed by atoms with E-state index >= 15 is 0 Å². The molecule has 9 heteroatoms. The number of anilines is 1. The summed E-state index contributed by atoms with van der Waals surface area (Å²) in [5.41, 5.74) is 7.37. The van der Waals surface area contributed by atoms with Gasteiger partial charge in [-0.2, -0.15) is 4.98 Å². The van der Waals surface area contributed by atoms with Crippen LogP contribution in [0.3, 0.4) is 0 Å². The smallest absolute Gasteiger partial charge is 0.328 e. The Balaban J connectivity index is 1.73. The maximum Gasteiger partial charge on any atom is 0.328 e. The zero-order chi connectivity index (χ0) is 19.0. The number of hydrogen-bond acceptors (Lipinski definition) is 5. The van der Waals surface area contributed by atoms with E-state index in [4.69, 9.17) is 28.9 Å². The van der Waals surface area contributed by atoms with E-state index in [0.717, 1.165) is 25.9 Å². The van der Waals surface area contributed by atoms with Crippen LogP contribution in [0, 0.1) is 5.92 Å². The molecule has 1 aromatic carbocycles. The van der Waals surface area contributed by atoms with E-state index in [0.29, 0.717) is 45.2 Å². The lowest BCUT2D eigenvalue weighted by atomic mass is 9.99. The zero-order valence-corrected chi connectivity index (χ0v) is 16.2. The Morgan fingerprint density at radius 1 is 1.30 bits per heavy atom. The molecule has 0 radical (unpaired) electrons. The van der Waals surface area contributed by atoms with Crippen molar-refractivity contribution in [2.45, 2.75) is 19.4 Å². The third-order valence-electron chi connectivity index (χ3n) is 5.01. The number of nitrogens with one attached hydrogen (secondary N) is 1. The van der Waals surface area contributed by atoms with Crippen molar-refractivity contribution < 1.29 is 0 Å². The van der Waals surface area contributed by atoms with Gasteiger partial charge in [0, 0.05) is 28.7 Å². The Kier molecular flexibility index (Phi) is 5.08. The minimum absolute atomic E-state index is 0.235. The summed E-state index contributed by atoms with van der Waals surface area (Å²) in [5.74, 6) is 1.05. The topological polar surface area (TPSA) is 92.8 Å². The summed E-state index contributed by atoms with van der Waals surface area (Å²) < 4.78 is 1.54. The molecule has 0 aliphatic carbocycles. The monoisotopic (exact) mass is 406 g/mol. The van der Waals surface area contributed by atoms with E-state index in [1.807, 2.05) is 0 Å². The summed E-state index contributed by atoms with van der Waals surface area (Å²) in [6.07, 6.45) is 3.82. The number of hydrogen-bond donors (Lipinski definition) is 2. The van der Waals surface area contributed by atoms with Gasteiger partial charge in [0.1, 0.15) is 5.52 Å². The molecule has 1 saturated heterocycles. The van der Waals surface area contributed by atoms with Crippen molar-refractivity contribution >= 4 is 40.3 Å². The van der Waals surface area contributed by atoms with Crippen molar-refractivity contribution in [2.24, 2.45) is 11.7 Å². The fraction of sp³-hybridized carbons (Fsp3) is 0.389. The normalized spacial score (nSPS) is 17.6. The van der Waals surface area contributed by atoms with Crippen LogP contribution in [-0.2, 0) is 6.54 Å². The predicted molar refractivity (Wildman–Crippen MR) is 108 cm³/mol. The van der Waals surface area contributed by atoms with Gasteiger partial charge >= 0.3 is 5.69 Å². The summed E-state index contributed by atoms with van der Waals surface area (Å²) in [6, 6.07) is 5.28. The van der Waals surface area contributed by atoms with E-state index in [1.165, 1.54) is 4.57 Å². The van der Waals surface area contributed by atoms with Gasteiger partial charge in [-0.05, 0) is 37.4 Å². The molecule has 1 aliphatic heterocycles. The number of nitrogens with zero attached hydrogens (tertiary/aromatic N) is 4. The van der Waals surface area contributed by atoms with Crippen LogP contribution in [0.4, 0.5) is 5.95 Å². The number of halogens is 2. The van der Waals surface area contributed by atoms with Crippen LogP contribution in [0.1, 0.15) is 18.4 Å². The molecule has 1 aliphatic rings. The van der Waals surface area contributed by atoms with Crippen LogP contribution in [0.25, 0.3) is 11.2 Å². The minimum atomic E-state index is -0.272. The van der Waals surface area contributed by atoms with E-state index in [2.05, 4.69) is 19.9 Å². The number of imidazole rings is 1. The molecular weight excluding hydrogens is 387 g/mol. The van der Waals surface area contributed by atoms with Crippen molar-refractivity contribution in [3.05, 3.63) is 50.5 Å². The Morgan fingerprint density at radius 2 is 2.07 bits per heavy atom. The molecule has 1 fully saturated rings. The molecule has 4 rings (SSSR count). The highest BCUT2D eigenvalue weighted by atomic mass is 35.5. The van der Waals surface area contributed by atoms with Gasteiger partial charge in [-0.15, -0.1) is 0 Å². The quantitative estimate of drug-likeness (QED) is 0.694. The fourth-order valence-corrected chi connectivity index (χ4v) is 4.03. The molecule has 3 heterocycles. The average molecular weight is 407 g/mol. The molecule has 3 aromatic rings.